The van der Waals surface area contributed by atoms with Crippen LogP contribution in [0.3, 0.4) is 0 Å². The number of aromatic nitrogens is 8. The summed E-state index contributed by atoms with van der Waals surface area (Å²) in [6, 6.07) is 6.17. The predicted octanol–water partition coefficient (Wildman–Crippen LogP) is 4.05. The third-order valence-electron chi connectivity index (χ3n) is 6.23. The van der Waals surface area contributed by atoms with E-state index in [1.165, 1.54) is 34.6 Å². The van der Waals surface area contributed by atoms with Gasteiger partial charge in [0.15, 0.2) is 17.1 Å². The number of hydrogen-bond acceptors (Lipinski definition) is 8. The van der Waals surface area contributed by atoms with Gasteiger partial charge in [-0.25, -0.2) is 9.37 Å². The number of hydrogen-bond donors (Lipinski definition) is 1. The van der Waals surface area contributed by atoms with Gasteiger partial charge in [-0.2, -0.15) is 14.5 Å². The molecule has 182 valence electrons. The van der Waals surface area contributed by atoms with Crippen molar-refractivity contribution in [3.8, 4) is 27.3 Å². The first kappa shape index (κ1) is 22.6. The van der Waals surface area contributed by atoms with E-state index in [1.54, 1.807) is 35.3 Å². The maximum atomic E-state index is 15.2. The molecule has 0 aliphatic heterocycles. The molecular weight excluding hydrogens is 505 g/mol. The molecule has 2 N–H and O–H groups in total. The van der Waals surface area contributed by atoms with Crippen LogP contribution in [0.1, 0.15) is 31.0 Å². The molecule has 0 radical (unpaired) electrons. The summed E-state index contributed by atoms with van der Waals surface area (Å²) in [6.45, 7) is 0. The summed E-state index contributed by atoms with van der Waals surface area (Å²) >= 11 is 7.45. The molecule has 5 aromatic rings. The van der Waals surface area contributed by atoms with Gasteiger partial charge in [-0.05, 0) is 41.0 Å². The van der Waals surface area contributed by atoms with Gasteiger partial charge in [0.25, 0.3) is 0 Å². The third-order valence-corrected chi connectivity index (χ3v) is 7.39. The van der Waals surface area contributed by atoms with E-state index >= 15 is 4.39 Å². The molecule has 1 aromatic carbocycles. The summed E-state index contributed by atoms with van der Waals surface area (Å²) < 4.78 is 19.1. The molecule has 1 aliphatic rings. The highest BCUT2D eigenvalue weighted by Gasteiger charge is 2.32. The lowest BCUT2D eigenvalue weighted by atomic mass is 10.0. The fraction of sp³-hybridized carbons (Fsp3) is 0.217. The molecule has 0 unspecified atom stereocenters. The monoisotopic (exact) mass is 523 g/mol. The maximum absolute atomic E-state index is 15.2. The van der Waals surface area contributed by atoms with E-state index in [9.17, 15) is 5.21 Å². The second-order valence-electron chi connectivity index (χ2n) is 8.64. The number of nitrogen functional groups attached to an aromatic ring is 1. The van der Waals surface area contributed by atoms with Crippen molar-refractivity contribution in [3.05, 3.63) is 77.1 Å². The van der Waals surface area contributed by atoms with Crippen LogP contribution in [-0.2, 0) is 0 Å². The number of halogens is 2. The zero-order chi connectivity index (χ0) is 24.8. The molecule has 0 spiro atoms. The second kappa shape index (κ2) is 8.95. The molecule has 6 rings (SSSR count). The topological polar surface area (TPSA) is 127 Å². The lowest BCUT2D eigenvalue weighted by Gasteiger charge is -2.18. The minimum atomic E-state index is -0.660. The largest absolute Gasteiger partial charge is 0.618 e. The molecule has 1 fully saturated rings. The van der Waals surface area contributed by atoms with Crippen LogP contribution in [0, 0.1) is 16.9 Å². The number of nitrogens with zero attached hydrogens (tertiary/aromatic N) is 8. The molecular formula is C23H19ClFN9OS. The van der Waals surface area contributed by atoms with Crippen molar-refractivity contribution < 1.29 is 9.12 Å². The number of pyridine rings is 1. The van der Waals surface area contributed by atoms with Gasteiger partial charge < -0.3 is 10.9 Å². The van der Waals surface area contributed by atoms with Crippen LogP contribution < -0.4 is 10.5 Å². The number of tetrazole rings is 1. The Morgan fingerprint density at radius 1 is 1.22 bits per heavy atom. The minimum absolute atomic E-state index is 0.0669. The van der Waals surface area contributed by atoms with E-state index < -0.39 is 5.82 Å². The Labute approximate surface area is 213 Å². The van der Waals surface area contributed by atoms with Crippen LogP contribution in [0.4, 0.5) is 9.52 Å². The third kappa shape index (κ3) is 4.18. The van der Waals surface area contributed by atoms with Gasteiger partial charge in [0.2, 0.25) is 5.69 Å². The van der Waals surface area contributed by atoms with Crippen LogP contribution in [0.5, 0.6) is 0 Å². The predicted molar refractivity (Wildman–Crippen MR) is 132 cm³/mol. The van der Waals surface area contributed by atoms with E-state index in [0.717, 1.165) is 34.4 Å². The van der Waals surface area contributed by atoms with Crippen molar-refractivity contribution >= 4 is 28.1 Å². The van der Waals surface area contributed by atoms with Crippen LogP contribution in [0.25, 0.3) is 27.3 Å². The molecule has 1 saturated carbocycles. The summed E-state index contributed by atoms with van der Waals surface area (Å²) in [5.74, 6) is -0.134. The van der Waals surface area contributed by atoms with E-state index in [2.05, 4.69) is 25.6 Å². The van der Waals surface area contributed by atoms with Gasteiger partial charge >= 0.3 is 0 Å². The molecule has 1 atom stereocenters. The quantitative estimate of drug-likeness (QED) is 0.252. The standard InChI is InChI=1S/C23H19ClFN9OS/c24-16-4-6-18(33-12-28-30-31-33)21(22(16)25)14-3-5-17(34(35)11-14)19(7-13-1-2-13)32-10-15(8-29-32)20-9-27-23(26)36-20/h3-6,8-13,19H,1-2,7H2,(H2,26,27)/t19-/m0/s1. The van der Waals surface area contributed by atoms with E-state index in [0.29, 0.717) is 28.0 Å². The smallest absolute Gasteiger partial charge is 0.217 e. The average molecular weight is 524 g/mol. The average Bonchev–Trinajstić information content (AvgIpc) is 3.26. The Balaban J connectivity index is 1.40. The van der Waals surface area contributed by atoms with Crippen LogP contribution in [0.2, 0.25) is 5.02 Å². The Morgan fingerprint density at radius 3 is 2.78 bits per heavy atom. The molecule has 0 bridgehead atoms. The minimum Gasteiger partial charge on any atom is -0.618 e. The summed E-state index contributed by atoms with van der Waals surface area (Å²) in [5.41, 5.74) is 8.02. The first-order valence-corrected chi connectivity index (χ1v) is 12.4. The van der Waals surface area contributed by atoms with Gasteiger partial charge in [-0.1, -0.05) is 35.8 Å². The van der Waals surface area contributed by atoms with Gasteiger partial charge in [-0.3, -0.25) is 4.68 Å². The molecule has 0 amide bonds. The Bertz CT molecular complexity index is 1550. The molecule has 0 saturated heterocycles. The summed E-state index contributed by atoms with van der Waals surface area (Å²) in [4.78, 5) is 5.01. The fourth-order valence-corrected chi connectivity index (χ4v) is 5.08. The zero-order valence-electron chi connectivity index (χ0n) is 18.7. The molecule has 10 nitrogen and oxygen atoms in total. The highest BCUT2D eigenvalue weighted by molar-refractivity contribution is 7.18. The Morgan fingerprint density at radius 2 is 2.08 bits per heavy atom. The Hall–Kier alpha value is -3.90. The van der Waals surface area contributed by atoms with E-state index in [4.69, 9.17) is 17.3 Å². The van der Waals surface area contributed by atoms with Gasteiger partial charge in [0, 0.05) is 24.0 Å². The van der Waals surface area contributed by atoms with Crippen molar-refractivity contribution in [1.82, 2.24) is 35.0 Å². The molecule has 4 aromatic heterocycles. The van der Waals surface area contributed by atoms with Crippen molar-refractivity contribution in [3.63, 3.8) is 0 Å². The molecule has 36 heavy (non-hydrogen) atoms. The molecule has 4 heterocycles. The van der Waals surface area contributed by atoms with Gasteiger partial charge in [-0.15, -0.1) is 5.10 Å². The summed E-state index contributed by atoms with van der Waals surface area (Å²) in [6.07, 6.45) is 11.1. The van der Waals surface area contributed by atoms with Crippen LogP contribution in [-0.4, -0.2) is 35.0 Å². The highest BCUT2D eigenvalue weighted by Crippen LogP contribution is 2.40. The second-order valence-corrected chi connectivity index (χ2v) is 10.1. The number of benzene rings is 1. The highest BCUT2D eigenvalue weighted by atomic mass is 35.5. The molecule has 13 heteroatoms. The number of anilines is 1. The van der Waals surface area contributed by atoms with Gasteiger partial charge in [0.05, 0.1) is 32.9 Å². The first-order valence-electron chi connectivity index (χ1n) is 11.2. The summed E-state index contributed by atoms with van der Waals surface area (Å²) in [7, 11) is 0. The van der Waals surface area contributed by atoms with E-state index in [-0.39, 0.29) is 16.6 Å². The van der Waals surface area contributed by atoms with Gasteiger partial charge in [0.1, 0.15) is 12.4 Å². The van der Waals surface area contributed by atoms with Crippen LogP contribution >= 0.6 is 22.9 Å². The number of rotatable bonds is 7. The lowest BCUT2D eigenvalue weighted by molar-refractivity contribution is -0.615. The Kier molecular flexibility index (Phi) is 5.61. The summed E-state index contributed by atoms with van der Waals surface area (Å²) in [5, 5.41) is 29.4. The lowest BCUT2D eigenvalue weighted by Crippen LogP contribution is -2.35. The van der Waals surface area contributed by atoms with E-state index in [1.807, 2.05) is 6.20 Å². The fourth-order valence-electron chi connectivity index (χ4n) is 4.27. The van der Waals surface area contributed by atoms with Crippen molar-refractivity contribution in [2.45, 2.75) is 25.3 Å². The SMILES string of the molecule is Nc1ncc(-c2cnn([C@@H](CC3CC3)c3ccc(-c4c(-n5cnnn5)ccc(Cl)c4F)c[n+]3[O-])c2)s1. The molecule has 1 aliphatic carbocycles. The maximum Gasteiger partial charge on any atom is 0.217 e. The van der Waals surface area contributed by atoms with Crippen molar-refractivity contribution in [2.24, 2.45) is 5.92 Å². The zero-order valence-corrected chi connectivity index (χ0v) is 20.3. The normalized spacial score (nSPS) is 14.3. The van der Waals surface area contributed by atoms with Crippen LogP contribution in [0.15, 0.2) is 55.4 Å². The number of thiazole rings is 1. The van der Waals surface area contributed by atoms with Crippen molar-refractivity contribution in [1.29, 1.82) is 0 Å². The first-order chi connectivity index (χ1) is 17.5. The van der Waals surface area contributed by atoms with Crippen molar-refractivity contribution in [2.75, 3.05) is 5.73 Å². The number of nitrogens with two attached hydrogens (primary N) is 1.